The van der Waals surface area contributed by atoms with Gasteiger partial charge in [-0.3, -0.25) is 0 Å². The molecule has 0 heterocycles. The maximum absolute atomic E-state index is 10.4. The molecule has 0 bridgehead atoms. The molecule has 130 valence electrons. The third kappa shape index (κ3) is 5.08. The Morgan fingerprint density at radius 3 is 2.12 bits per heavy atom. The number of hydrogen-bond donors (Lipinski definition) is 2. The van der Waals surface area contributed by atoms with Crippen molar-refractivity contribution >= 4 is 0 Å². The fourth-order valence-electron chi connectivity index (χ4n) is 2.98. The van der Waals surface area contributed by atoms with Gasteiger partial charge in [0, 0.05) is 13.1 Å². The van der Waals surface area contributed by atoms with Gasteiger partial charge in [0.1, 0.15) is 5.75 Å². The van der Waals surface area contributed by atoms with E-state index in [-0.39, 0.29) is 6.10 Å². The molecular formula is C21H29NO2. The molecule has 0 aromatic heterocycles. The minimum atomic E-state index is -0.524. The van der Waals surface area contributed by atoms with Crippen LogP contribution in [0.1, 0.15) is 47.8 Å². The molecule has 0 radical (unpaired) electrons. The van der Waals surface area contributed by atoms with Crippen molar-refractivity contribution in [3.05, 3.63) is 64.2 Å². The summed E-state index contributed by atoms with van der Waals surface area (Å²) in [6.45, 7) is 11.7. The van der Waals surface area contributed by atoms with Gasteiger partial charge in [-0.15, -0.1) is 0 Å². The lowest BCUT2D eigenvalue weighted by molar-refractivity contribution is 0.174. The maximum Gasteiger partial charge on any atom is 0.119 e. The largest absolute Gasteiger partial charge is 0.491 e. The van der Waals surface area contributed by atoms with Crippen molar-refractivity contribution in [2.24, 2.45) is 0 Å². The van der Waals surface area contributed by atoms with E-state index < -0.39 is 6.10 Å². The Hall–Kier alpha value is -1.84. The van der Waals surface area contributed by atoms with Gasteiger partial charge < -0.3 is 15.2 Å². The average Bonchev–Trinajstić information content (AvgIpc) is 2.49. The standard InChI is InChI=1S/C21H29NO2/c1-14(2)24-19-8-6-18(7-9-19)21(23)13-22-12-20-16(4)10-15(3)11-17(20)5/h6-11,14,21-23H,12-13H2,1-5H3/t21-/m0/s1. The molecule has 2 rings (SSSR count). The summed E-state index contributed by atoms with van der Waals surface area (Å²) in [5.41, 5.74) is 6.09. The highest BCUT2D eigenvalue weighted by atomic mass is 16.5. The second kappa shape index (κ2) is 8.32. The average molecular weight is 327 g/mol. The van der Waals surface area contributed by atoms with Gasteiger partial charge in [-0.05, 0) is 69.0 Å². The molecule has 3 heteroatoms. The minimum Gasteiger partial charge on any atom is -0.491 e. The van der Waals surface area contributed by atoms with E-state index in [1.54, 1.807) is 0 Å². The van der Waals surface area contributed by atoms with E-state index in [4.69, 9.17) is 4.74 Å². The molecule has 2 aromatic rings. The Morgan fingerprint density at radius 2 is 1.58 bits per heavy atom. The van der Waals surface area contributed by atoms with Gasteiger partial charge in [0.2, 0.25) is 0 Å². The van der Waals surface area contributed by atoms with Crippen LogP contribution >= 0.6 is 0 Å². The molecule has 1 atom stereocenters. The Labute approximate surface area is 145 Å². The van der Waals surface area contributed by atoms with Gasteiger partial charge in [-0.2, -0.15) is 0 Å². The number of aliphatic hydroxyl groups excluding tert-OH is 1. The number of benzene rings is 2. The number of rotatable bonds is 7. The van der Waals surface area contributed by atoms with Crippen LogP contribution in [0.5, 0.6) is 5.75 Å². The highest BCUT2D eigenvalue weighted by Gasteiger charge is 2.09. The highest BCUT2D eigenvalue weighted by molar-refractivity contribution is 5.37. The first-order chi connectivity index (χ1) is 11.4. The Kier molecular flexibility index (Phi) is 6.41. The van der Waals surface area contributed by atoms with Gasteiger partial charge in [-0.1, -0.05) is 29.8 Å². The SMILES string of the molecule is Cc1cc(C)c(CNC[C@H](O)c2ccc(OC(C)C)cc2)c(C)c1. The number of hydrogen-bond acceptors (Lipinski definition) is 3. The lowest BCUT2D eigenvalue weighted by atomic mass is 10.00. The van der Waals surface area contributed by atoms with Crippen molar-refractivity contribution in [3.63, 3.8) is 0 Å². The zero-order chi connectivity index (χ0) is 17.7. The quantitative estimate of drug-likeness (QED) is 0.800. The molecule has 3 nitrogen and oxygen atoms in total. The summed E-state index contributed by atoms with van der Waals surface area (Å²) in [4.78, 5) is 0. The predicted molar refractivity (Wildman–Crippen MR) is 99.5 cm³/mol. The summed E-state index contributed by atoms with van der Waals surface area (Å²) in [5.74, 6) is 0.833. The van der Waals surface area contributed by atoms with Gasteiger partial charge in [0.15, 0.2) is 0 Å². The summed E-state index contributed by atoms with van der Waals surface area (Å²) in [5, 5.41) is 13.7. The number of nitrogens with one attached hydrogen (secondary N) is 1. The first-order valence-corrected chi connectivity index (χ1v) is 8.59. The van der Waals surface area contributed by atoms with Crippen LogP contribution in [0.2, 0.25) is 0 Å². The molecule has 2 N–H and O–H groups in total. The maximum atomic E-state index is 10.4. The Morgan fingerprint density at radius 1 is 1.00 bits per heavy atom. The fourth-order valence-corrected chi connectivity index (χ4v) is 2.98. The molecule has 0 saturated heterocycles. The van der Waals surface area contributed by atoms with E-state index in [1.165, 1.54) is 22.3 Å². The molecule has 0 aliphatic carbocycles. The van der Waals surface area contributed by atoms with Crippen molar-refractivity contribution in [2.75, 3.05) is 6.54 Å². The second-order valence-electron chi connectivity index (χ2n) is 6.76. The predicted octanol–water partition coefficient (Wildman–Crippen LogP) is 4.22. The van der Waals surface area contributed by atoms with Crippen molar-refractivity contribution in [1.29, 1.82) is 0 Å². The van der Waals surface area contributed by atoms with Crippen LogP contribution in [0.4, 0.5) is 0 Å². The van der Waals surface area contributed by atoms with Crippen LogP contribution in [-0.4, -0.2) is 17.8 Å². The fraction of sp³-hybridized carbons (Fsp3) is 0.429. The number of aliphatic hydroxyl groups is 1. The summed E-state index contributed by atoms with van der Waals surface area (Å²) >= 11 is 0. The van der Waals surface area contributed by atoms with Gasteiger partial charge in [0.25, 0.3) is 0 Å². The summed E-state index contributed by atoms with van der Waals surface area (Å²) < 4.78 is 5.63. The van der Waals surface area contributed by atoms with E-state index in [1.807, 2.05) is 38.1 Å². The second-order valence-corrected chi connectivity index (χ2v) is 6.76. The van der Waals surface area contributed by atoms with Crippen LogP contribution in [0, 0.1) is 20.8 Å². The first kappa shape index (κ1) is 18.5. The molecular weight excluding hydrogens is 298 g/mol. The number of ether oxygens (including phenoxy) is 1. The molecule has 0 fully saturated rings. The Bertz CT molecular complexity index is 639. The molecule has 0 aliphatic heterocycles. The van der Waals surface area contributed by atoms with Crippen molar-refractivity contribution < 1.29 is 9.84 Å². The smallest absolute Gasteiger partial charge is 0.119 e. The molecule has 0 saturated carbocycles. The van der Waals surface area contributed by atoms with Crippen molar-refractivity contribution in [3.8, 4) is 5.75 Å². The van der Waals surface area contributed by atoms with Crippen LogP contribution in [-0.2, 0) is 6.54 Å². The number of aryl methyl sites for hydroxylation is 3. The molecule has 2 aromatic carbocycles. The third-order valence-electron chi connectivity index (χ3n) is 4.12. The molecule has 0 amide bonds. The molecule has 0 unspecified atom stereocenters. The van der Waals surface area contributed by atoms with Crippen molar-refractivity contribution in [2.45, 2.75) is 53.4 Å². The van der Waals surface area contributed by atoms with Crippen LogP contribution < -0.4 is 10.1 Å². The highest BCUT2D eigenvalue weighted by Crippen LogP contribution is 2.19. The van der Waals surface area contributed by atoms with E-state index in [0.717, 1.165) is 17.9 Å². The lowest BCUT2D eigenvalue weighted by Crippen LogP contribution is -2.22. The van der Waals surface area contributed by atoms with E-state index in [2.05, 4.69) is 38.2 Å². The van der Waals surface area contributed by atoms with E-state index in [9.17, 15) is 5.11 Å². The normalized spacial score (nSPS) is 12.5. The van der Waals surface area contributed by atoms with Gasteiger partial charge in [0.05, 0.1) is 12.2 Å². The van der Waals surface area contributed by atoms with Crippen LogP contribution in [0.3, 0.4) is 0 Å². The summed E-state index contributed by atoms with van der Waals surface area (Å²) in [7, 11) is 0. The van der Waals surface area contributed by atoms with Crippen LogP contribution in [0.25, 0.3) is 0 Å². The zero-order valence-electron chi connectivity index (χ0n) is 15.4. The van der Waals surface area contributed by atoms with E-state index >= 15 is 0 Å². The molecule has 0 spiro atoms. The van der Waals surface area contributed by atoms with Gasteiger partial charge >= 0.3 is 0 Å². The topological polar surface area (TPSA) is 41.5 Å². The Balaban J connectivity index is 1.90. The third-order valence-corrected chi connectivity index (χ3v) is 4.12. The zero-order valence-corrected chi connectivity index (χ0v) is 15.4. The van der Waals surface area contributed by atoms with Gasteiger partial charge in [-0.25, -0.2) is 0 Å². The molecule has 24 heavy (non-hydrogen) atoms. The first-order valence-electron chi connectivity index (χ1n) is 8.59. The summed E-state index contributed by atoms with van der Waals surface area (Å²) in [6.07, 6.45) is -0.368. The monoisotopic (exact) mass is 327 g/mol. The minimum absolute atomic E-state index is 0.156. The van der Waals surface area contributed by atoms with Crippen LogP contribution in [0.15, 0.2) is 36.4 Å². The summed E-state index contributed by atoms with van der Waals surface area (Å²) in [6, 6.07) is 12.1. The lowest BCUT2D eigenvalue weighted by Gasteiger charge is -2.16. The van der Waals surface area contributed by atoms with Crippen molar-refractivity contribution in [1.82, 2.24) is 5.32 Å². The molecule has 0 aliphatic rings. The van der Waals surface area contributed by atoms with E-state index in [0.29, 0.717) is 6.54 Å².